The van der Waals surface area contributed by atoms with Crippen LogP contribution in [0.2, 0.25) is 0 Å². The number of aryl methyl sites for hydroxylation is 3. The number of phosphoric ester groups is 1. The quantitative estimate of drug-likeness (QED) is 0.500. The molecule has 0 amide bonds. The lowest BCUT2D eigenvalue weighted by atomic mass is 9.99. The standard InChI is InChI=1S/C22H21O4P/c1-15-10-12-20(13-11-15)24-27(23)25-21-16(2)6-4-8-18(21)14-19-9-5-7-17(3)22(19)26-27/h4-13H,14H2,1-3H3. The summed E-state index contributed by atoms with van der Waals surface area (Å²) in [4.78, 5) is 0. The molecule has 0 aromatic heterocycles. The third-order valence-corrected chi connectivity index (χ3v) is 5.86. The van der Waals surface area contributed by atoms with Crippen molar-refractivity contribution in [3.05, 3.63) is 88.5 Å². The first-order valence-corrected chi connectivity index (χ1v) is 10.3. The molecule has 4 nitrogen and oxygen atoms in total. The van der Waals surface area contributed by atoms with Gasteiger partial charge in [0.1, 0.15) is 17.2 Å². The Hall–Kier alpha value is -2.71. The van der Waals surface area contributed by atoms with E-state index in [2.05, 4.69) is 0 Å². The van der Waals surface area contributed by atoms with Crippen LogP contribution in [0.15, 0.2) is 60.7 Å². The average molecular weight is 380 g/mol. The van der Waals surface area contributed by atoms with Crippen LogP contribution in [0.4, 0.5) is 0 Å². The second kappa shape index (κ2) is 6.79. The zero-order valence-electron chi connectivity index (χ0n) is 15.6. The number of fused-ring (bicyclic) bond motifs is 2. The van der Waals surface area contributed by atoms with Crippen molar-refractivity contribution in [2.45, 2.75) is 27.2 Å². The van der Waals surface area contributed by atoms with Gasteiger partial charge in [-0.05, 0) is 55.2 Å². The molecule has 0 radical (unpaired) electrons. The van der Waals surface area contributed by atoms with E-state index >= 15 is 0 Å². The molecular formula is C22H21O4P. The highest BCUT2D eigenvalue weighted by molar-refractivity contribution is 7.49. The van der Waals surface area contributed by atoms with Crippen LogP contribution < -0.4 is 13.6 Å². The Labute approximate surface area is 159 Å². The summed E-state index contributed by atoms with van der Waals surface area (Å²) in [6, 6.07) is 19.1. The molecule has 3 aromatic rings. The van der Waals surface area contributed by atoms with Gasteiger partial charge in [0, 0.05) is 6.42 Å². The van der Waals surface area contributed by atoms with Crippen molar-refractivity contribution in [2.75, 3.05) is 0 Å². The Bertz CT molecular complexity index is 983. The van der Waals surface area contributed by atoms with Crippen LogP contribution in [-0.4, -0.2) is 0 Å². The van der Waals surface area contributed by atoms with Crippen LogP contribution in [0.1, 0.15) is 27.8 Å². The van der Waals surface area contributed by atoms with E-state index in [4.69, 9.17) is 13.6 Å². The molecule has 0 bridgehead atoms. The summed E-state index contributed by atoms with van der Waals surface area (Å²) in [6.45, 7) is 5.83. The third-order valence-electron chi connectivity index (χ3n) is 4.61. The van der Waals surface area contributed by atoms with E-state index in [-0.39, 0.29) is 0 Å². The lowest BCUT2D eigenvalue weighted by Gasteiger charge is -2.26. The fourth-order valence-electron chi connectivity index (χ4n) is 3.18. The first-order chi connectivity index (χ1) is 12.9. The normalized spacial score (nSPS) is 14.6. The van der Waals surface area contributed by atoms with Gasteiger partial charge in [0.15, 0.2) is 0 Å². The highest BCUT2D eigenvalue weighted by atomic mass is 31.2. The molecule has 1 aliphatic rings. The van der Waals surface area contributed by atoms with Gasteiger partial charge in [-0.3, -0.25) is 0 Å². The predicted molar refractivity (Wildman–Crippen MR) is 106 cm³/mol. The van der Waals surface area contributed by atoms with Crippen LogP contribution in [0.25, 0.3) is 0 Å². The molecule has 0 N–H and O–H groups in total. The summed E-state index contributed by atoms with van der Waals surface area (Å²) < 4.78 is 31.2. The van der Waals surface area contributed by atoms with Gasteiger partial charge in [-0.15, -0.1) is 0 Å². The second-order valence-corrected chi connectivity index (χ2v) is 8.28. The van der Waals surface area contributed by atoms with Crippen molar-refractivity contribution in [3.8, 4) is 17.2 Å². The molecule has 0 saturated carbocycles. The minimum atomic E-state index is -3.94. The lowest BCUT2D eigenvalue weighted by molar-refractivity contribution is 0.293. The minimum absolute atomic E-state index is 0.440. The monoisotopic (exact) mass is 380 g/mol. The predicted octanol–water partition coefficient (Wildman–Crippen LogP) is 6.16. The van der Waals surface area contributed by atoms with Gasteiger partial charge in [0.2, 0.25) is 0 Å². The highest BCUT2D eigenvalue weighted by Gasteiger charge is 2.37. The van der Waals surface area contributed by atoms with Crippen molar-refractivity contribution in [3.63, 3.8) is 0 Å². The van der Waals surface area contributed by atoms with Crippen molar-refractivity contribution >= 4 is 7.82 Å². The summed E-state index contributed by atoms with van der Waals surface area (Å²) in [5, 5.41) is 0. The van der Waals surface area contributed by atoms with E-state index in [1.165, 1.54) is 0 Å². The van der Waals surface area contributed by atoms with Crippen LogP contribution in [-0.2, 0) is 11.0 Å². The third kappa shape index (κ3) is 3.58. The molecule has 0 fully saturated rings. The van der Waals surface area contributed by atoms with Crippen LogP contribution in [0.5, 0.6) is 17.2 Å². The fourth-order valence-corrected chi connectivity index (χ4v) is 4.64. The van der Waals surface area contributed by atoms with E-state index < -0.39 is 7.82 Å². The largest absolute Gasteiger partial charge is 0.647 e. The highest BCUT2D eigenvalue weighted by Crippen LogP contribution is 2.54. The number of rotatable bonds is 2. The molecule has 1 heterocycles. The Kier molecular flexibility index (Phi) is 4.45. The van der Waals surface area contributed by atoms with Crippen molar-refractivity contribution in [1.82, 2.24) is 0 Å². The van der Waals surface area contributed by atoms with Gasteiger partial charge >= 0.3 is 7.82 Å². The molecular weight excluding hydrogens is 359 g/mol. The molecule has 3 aromatic carbocycles. The molecule has 4 rings (SSSR count). The molecule has 1 aliphatic heterocycles. The van der Waals surface area contributed by atoms with Gasteiger partial charge in [0.05, 0.1) is 0 Å². The van der Waals surface area contributed by atoms with E-state index in [1.807, 2.05) is 69.3 Å². The van der Waals surface area contributed by atoms with Crippen LogP contribution in [0, 0.1) is 20.8 Å². The van der Waals surface area contributed by atoms with E-state index in [9.17, 15) is 4.57 Å². The molecule has 0 unspecified atom stereocenters. The molecule has 0 spiro atoms. The zero-order chi connectivity index (χ0) is 19.0. The number of phosphoric acid groups is 1. The lowest BCUT2D eigenvalue weighted by Crippen LogP contribution is -2.13. The van der Waals surface area contributed by atoms with Crippen molar-refractivity contribution in [1.29, 1.82) is 0 Å². The first kappa shape index (κ1) is 17.7. The second-order valence-electron chi connectivity index (χ2n) is 6.84. The number of para-hydroxylation sites is 2. The van der Waals surface area contributed by atoms with Gasteiger partial charge in [-0.2, -0.15) is 4.57 Å². The average Bonchev–Trinajstić information content (AvgIpc) is 2.62. The van der Waals surface area contributed by atoms with Gasteiger partial charge in [-0.25, -0.2) is 0 Å². The number of benzene rings is 3. The summed E-state index contributed by atoms with van der Waals surface area (Å²) in [6.07, 6.45) is 0.637. The van der Waals surface area contributed by atoms with Gasteiger partial charge in [0.25, 0.3) is 0 Å². The maximum absolute atomic E-state index is 13.6. The first-order valence-electron chi connectivity index (χ1n) is 8.86. The zero-order valence-corrected chi connectivity index (χ0v) is 16.5. The van der Waals surface area contributed by atoms with E-state index in [0.717, 1.165) is 27.8 Å². The molecule has 5 heteroatoms. The number of hydrogen-bond donors (Lipinski definition) is 0. The van der Waals surface area contributed by atoms with E-state index in [0.29, 0.717) is 23.7 Å². The van der Waals surface area contributed by atoms with Crippen molar-refractivity contribution < 1.29 is 18.1 Å². The Morgan fingerprint density at radius 2 is 1.30 bits per heavy atom. The van der Waals surface area contributed by atoms with Crippen LogP contribution in [0.3, 0.4) is 0 Å². The Balaban J connectivity index is 1.84. The molecule has 0 aliphatic carbocycles. The molecule has 27 heavy (non-hydrogen) atoms. The van der Waals surface area contributed by atoms with Gasteiger partial charge in [-0.1, -0.05) is 54.1 Å². The Morgan fingerprint density at radius 1 is 0.778 bits per heavy atom. The van der Waals surface area contributed by atoms with E-state index in [1.54, 1.807) is 12.1 Å². The molecule has 0 saturated heterocycles. The fraction of sp³-hybridized carbons (Fsp3) is 0.182. The summed E-state index contributed by atoms with van der Waals surface area (Å²) in [7, 11) is -3.94. The topological polar surface area (TPSA) is 44.8 Å². The smallest absolute Gasteiger partial charge is 0.386 e. The summed E-state index contributed by atoms with van der Waals surface area (Å²) in [5.41, 5.74) is 4.78. The minimum Gasteiger partial charge on any atom is -0.386 e. The SMILES string of the molecule is Cc1ccc(OP2(=O)Oc3c(C)cccc3Cc3cccc(C)c3O2)cc1. The van der Waals surface area contributed by atoms with Crippen LogP contribution >= 0.6 is 7.82 Å². The van der Waals surface area contributed by atoms with Crippen molar-refractivity contribution in [2.24, 2.45) is 0 Å². The summed E-state index contributed by atoms with van der Waals surface area (Å²) >= 11 is 0. The Morgan fingerprint density at radius 3 is 1.81 bits per heavy atom. The summed E-state index contributed by atoms with van der Waals surface area (Å²) in [5.74, 6) is 1.55. The maximum Gasteiger partial charge on any atom is 0.647 e. The van der Waals surface area contributed by atoms with Gasteiger partial charge < -0.3 is 13.6 Å². The number of hydrogen-bond acceptors (Lipinski definition) is 4. The molecule has 138 valence electrons. The maximum atomic E-state index is 13.6. The molecule has 0 atom stereocenters.